The number of rotatable bonds is 4. The molecule has 104 valence electrons. The summed E-state index contributed by atoms with van der Waals surface area (Å²) in [5.74, 6) is 0.192. The molecule has 1 amide bonds. The molecule has 0 aromatic heterocycles. The van der Waals surface area contributed by atoms with Gasteiger partial charge in [0.15, 0.2) is 0 Å². The molecule has 0 bridgehead atoms. The third-order valence-corrected chi connectivity index (χ3v) is 4.66. The van der Waals surface area contributed by atoms with E-state index in [-0.39, 0.29) is 11.5 Å². The van der Waals surface area contributed by atoms with Crippen LogP contribution in [-0.4, -0.2) is 16.8 Å². The van der Waals surface area contributed by atoms with Gasteiger partial charge in [-0.3, -0.25) is 9.59 Å². The fourth-order valence-electron chi connectivity index (χ4n) is 2.24. The molecular weight excluding hydrogens is 258 g/mol. The Hall–Kier alpha value is -1.29. The maximum absolute atomic E-state index is 11.9. The Balaban J connectivity index is 3.02. The summed E-state index contributed by atoms with van der Waals surface area (Å²) in [6.45, 7) is 10.4. The van der Waals surface area contributed by atoms with Crippen molar-refractivity contribution in [1.29, 1.82) is 0 Å². The van der Waals surface area contributed by atoms with Crippen molar-refractivity contribution in [3.8, 4) is 0 Å². The smallest absolute Gasteiger partial charge is 0.276 e. The SMILES string of the molecule is Cc1c(C)c(C)c(CC(=O)CSC(N)=O)c(C)c1C. The van der Waals surface area contributed by atoms with Crippen LogP contribution in [0.1, 0.15) is 33.4 Å². The summed E-state index contributed by atoms with van der Waals surface area (Å²) in [6, 6.07) is 0. The molecule has 1 aromatic rings. The highest BCUT2D eigenvalue weighted by Gasteiger charge is 2.15. The van der Waals surface area contributed by atoms with Crippen LogP contribution in [0.5, 0.6) is 0 Å². The van der Waals surface area contributed by atoms with Crippen LogP contribution < -0.4 is 5.73 Å². The highest BCUT2D eigenvalue weighted by molar-refractivity contribution is 8.14. The van der Waals surface area contributed by atoms with E-state index in [1.54, 1.807) is 0 Å². The molecule has 0 radical (unpaired) electrons. The van der Waals surface area contributed by atoms with E-state index < -0.39 is 5.24 Å². The van der Waals surface area contributed by atoms with Crippen molar-refractivity contribution in [3.63, 3.8) is 0 Å². The third kappa shape index (κ3) is 3.60. The predicted octanol–water partition coefficient (Wildman–Crippen LogP) is 3.15. The lowest BCUT2D eigenvalue weighted by Gasteiger charge is -2.18. The first-order valence-corrected chi connectivity index (χ1v) is 7.24. The van der Waals surface area contributed by atoms with Crippen molar-refractivity contribution in [2.75, 3.05) is 5.75 Å². The molecule has 1 rings (SSSR count). The summed E-state index contributed by atoms with van der Waals surface area (Å²) in [5, 5.41) is -0.502. The Morgan fingerprint density at radius 1 is 0.895 bits per heavy atom. The molecule has 2 N–H and O–H groups in total. The van der Waals surface area contributed by atoms with Gasteiger partial charge in [0, 0.05) is 6.42 Å². The summed E-state index contributed by atoms with van der Waals surface area (Å²) >= 11 is 0.871. The van der Waals surface area contributed by atoms with Crippen molar-refractivity contribution < 1.29 is 9.59 Å². The fourth-order valence-corrected chi connectivity index (χ4v) is 2.65. The van der Waals surface area contributed by atoms with E-state index in [0.29, 0.717) is 6.42 Å². The molecule has 0 aliphatic carbocycles. The summed E-state index contributed by atoms with van der Waals surface area (Å²) in [7, 11) is 0. The number of benzene rings is 1. The van der Waals surface area contributed by atoms with Crippen LogP contribution >= 0.6 is 11.8 Å². The highest BCUT2D eigenvalue weighted by Crippen LogP contribution is 2.26. The van der Waals surface area contributed by atoms with Crippen LogP contribution in [0.3, 0.4) is 0 Å². The van der Waals surface area contributed by atoms with E-state index in [2.05, 4.69) is 34.6 Å². The van der Waals surface area contributed by atoms with Gasteiger partial charge in [0.1, 0.15) is 5.78 Å². The maximum atomic E-state index is 11.9. The minimum atomic E-state index is -0.502. The van der Waals surface area contributed by atoms with Crippen molar-refractivity contribution in [1.82, 2.24) is 0 Å². The summed E-state index contributed by atoms with van der Waals surface area (Å²) in [6.07, 6.45) is 0.375. The van der Waals surface area contributed by atoms with E-state index in [1.807, 2.05) is 0 Å². The van der Waals surface area contributed by atoms with Gasteiger partial charge in [0.25, 0.3) is 5.24 Å². The molecule has 19 heavy (non-hydrogen) atoms. The molecule has 0 fully saturated rings. The lowest BCUT2D eigenvalue weighted by molar-refractivity contribution is -0.116. The summed E-state index contributed by atoms with van der Waals surface area (Å²) < 4.78 is 0. The zero-order chi connectivity index (χ0) is 14.7. The predicted molar refractivity (Wildman–Crippen MR) is 80.9 cm³/mol. The van der Waals surface area contributed by atoms with Gasteiger partial charge < -0.3 is 5.73 Å². The maximum Gasteiger partial charge on any atom is 0.276 e. The van der Waals surface area contributed by atoms with Gasteiger partial charge in [0.2, 0.25) is 0 Å². The molecule has 1 aromatic carbocycles. The molecule has 0 saturated heterocycles. The number of nitrogens with two attached hydrogens (primary N) is 1. The Labute approximate surface area is 119 Å². The quantitative estimate of drug-likeness (QED) is 0.921. The number of thioether (sulfide) groups is 1. The molecule has 0 saturated carbocycles. The van der Waals surface area contributed by atoms with Crippen molar-refractivity contribution in [2.45, 2.75) is 41.0 Å². The van der Waals surface area contributed by atoms with Crippen LogP contribution in [0.2, 0.25) is 0 Å². The van der Waals surface area contributed by atoms with Crippen molar-refractivity contribution in [3.05, 3.63) is 33.4 Å². The van der Waals surface area contributed by atoms with Gasteiger partial charge in [0.05, 0.1) is 5.75 Å². The lowest BCUT2D eigenvalue weighted by Crippen LogP contribution is -2.14. The van der Waals surface area contributed by atoms with Crippen LogP contribution in [0.15, 0.2) is 0 Å². The number of carbonyl (C=O) groups is 2. The van der Waals surface area contributed by atoms with E-state index in [1.165, 1.54) is 27.8 Å². The van der Waals surface area contributed by atoms with Gasteiger partial charge in [-0.1, -0.05) is 11.8 Å². The fraction of sp³-hybridized carbons (Fsp3) is 0.467. The molecule has 0 unspecified atom stereocenters. The summed E-state index contributed by atoms with van der Waals surface area (Å²) in [5.41, 5.74) is 12.3. The number of hydrogen-bond donors (Lipinski definition) is 1. The zero-order valence-corrected chi connectivity index (χ0v) is 13.0. The largest absolute Gasteiger partial charge is 0.361 e. The van der Waals surface area contributed by atoms with Gasteiger partial charge in [-0.05, 0) is 68.0 Å². The second-order valence-electron chi connectivity index (χ2n) is 4.93. The molecule has 0 heterocycles. The van der Waals surface area contributed by atoms with E-state index in [0.717, 1.165) is 17.3 Å². The highest BCUT2D eigenvalue weighted by atomic mass is 32.2. The van der Waals surface area contributed by atoms with E-state index in [4.69, 9.17) is 5.73 Å². The van der Waals surface area contributed by atoms with Crippen molar-refractivity contribution >= 4 is 22.8 Å². The second-order valence-corrected chi connectivity index (χ2v) is 5.91. The normalized spacial score (nSPS) is 10.6. The number of primary amides is 1. The number of ketones is 1. The first-order chi connectivity index (χ1) is 8.75. The standard InChI is InChI=1S/C15H21NO2S/c1-8-9(2)11(4)14(12(5)10(8)3)6-13(17)7-19-15(16)18/h6-7H2,1-5H3,(H2,16,18). The Kier molecular flexibility index (Phi) is 5.18. The average molecular weight is 279 g/mol. The van der Waals surface area contributed by atoms with E-state index in [9.17, 15) is 9.59 Å². The molecule has 4 heteroatoms. The second kappa shape index (κ2) is 6.24. The first-order valence-electron chi connectivity index (χ1n) is 6.25. The van der Waals surface area contributed by atoms with Gasteiger partial charge >= 0.3 is 0 Å². The number of hydrogen-bond acceptors (Lipinski definition) is 3. The van der Waals surface area contributed by atoms with Crippen LogP contribution in [-0.2, 0) is 11.2 Å². The number of carbonyl (C=O) groups excluding carboxylic acids is 2. The van der Waals surface area contributed by atoms with Crippen LogP contribution in [0.25, 0.3) is 0 Å². The minimum Gasteiger partial charge on any atom is -0.361 e. The topological polar surface area (TPSA) is 60.2 Å². The molecule has 0 spiro atoms. The Bertz CT molecular complexity index is 506. The zero-order valence-electron chi connectivity index (χ0n) is 12.2. The lowest BCUT2D eigenvalue weighted by atomic mass is 9.87. The molecular formula is C15H21NO2S. The summed E-state index contributed by atoms with van der Waals surface area (Å²) in [4.78, 5) is 22.6. The Morgan fingerprint density at radius 3 is 1.74 bits per heavy atom. The molecule has 0 atom stereocenters. The van der Waals surface area contributed by atoms with Gasteiger partial charge in [-0.15, -0.1) is 0 Å². The molecule has 3 nitrogen and oxygen atoms in total. The number of Topliss-reactive ketones (excluding diaryl/α,β-unsaturated/α-hetero) is 1. The van der Waals surface area contributed by atoms with E-state index >= 15 is 0 Å². The van der Waals surface area contributed by atoms with Gasteiger partial charge in [-0.25, -0.2) is 0 Å². The van der Waals surface area contributed by atoms with Crippen LogP contribution in [0, 0.1) is 34.6 Å². The average Bonchev–Trinajstić information content (AvgIpc) is 2.36. The number of amides is 1. The van der Waals surface area contributed by atoms with Crippen LogP contribution in [0.4, 0.5) is 4.79 Å². The van der Waals surface area contributed by atoms with Gasteiger partial charge in [-0.2, -0.15) is 0 Å². The first kappa shape index (κ1) is 15.8. The van der Waals surface area contributed by atoms with Crippen molar-refractivity contribution in [2.24, 2.45) is 5.73 Å². The monoisotopic (exact) mass is 279 g/mol. The Morgan fingerprint density at radius 2 is 1.32 bits per heavy atom. The molecule has 0 aliphatic heterocycles. The minimum absolute atomic E-state index is 0.0395. The third-order valence-electron chi connectivity index (χ3n) is 3.90. The molecule has 0 aliphatic rings.